The van der Waals surface area contributed by atoms with Gasteiger partial charge in [-0.3, -0.25) is 0 Å². The SMILES string of the molecule is CC1CCCN(S(=O)(=O)N(C)C(C)c2cccc(N)c2)C1. The summed E-state index contributed by atoms with van der Waals surface area (Å²) in [6.45, 7) is 5.21. The Hall–Kier alpha value is -1.11. The summed E-state index contributed by atoms with van der Waals surface area (Å²) < 4.78 is 28.5. The van der Waals surface area contributed by atoms with Gasteiger partial charge in [0.1, 0.15) is 0 Å². The van der Waals surface area contributed by atoms with Crippen LogP contribution in [0.4, 0.5) is 5.69 Å². The largest absolute Gasteiger partial charge is 0.399 e. The van der Waals surface area contributed by atoms with Gasteiger partial charge in [-0.15, -0.1) is 0 Å². The molecule has 2 N–H and O–H groups in total. The monoisotopic (exact) mass is 311 g/mol. The molecule has 5 nitrogen and oxygen atoms in total. The van der Waals surface area contributed by atoms with Crippen molar-refractivity contribution in [2.24, 2.45) is 5.92 Å². The van der Waals surface area contributed by atoms with E-state index in [0.29, 0.717) is 24.7 Å². The highest BCUT2D eigenvalue weighted by atomic mass is 32.2. The molecule has 0 aromatic heterocycles. The van der Waals surface area contributed by atoms with Crippen LogP contribution in [0.3, 0.4) is 0 Å². The van der Waals surface area contributed by atoms with Crippen LogP contribution >= 0.6 is 0 Å². The lowest BCUT2D eigenvalue weighted by molar-refractivity contribution is 0.255. The van der Waals surface area contributed by atoms with E-state index in [-0.39, 0.29) is 6.04 Å². The molecule has 1 aliphatic heterocycles. The molecular formula is C15H25N3O2S. The number of piperidine rings is 1. The Morgan fingerprint density at radius 3 is 2.76 bits per heavy atom. The maximum atomic E-state index is 12.8. The van der Waals surface area contributed by atoms with Gasteiger partial charge >= 0.3 is 0 Å². The van der Waals surface area contributed by atoms with Gasteiger partial charge in [0, 0.05) is 31.9 Å². The van der Waals surface area contributed by atoms with Crippen molar-refractivity contribution in [2.75, 3.05) is 25.9 Å². The fourth-order valence-electron chi connectivity index (χ4n) is 2.77. The van der Waals surface area contributed by atoms with Crippen molar-refractivity contribution in [3.63, 3.8) is 0 Å². The summed E-state index contributed by atoms with van der Waals surface area (Å²) in [6.07, 6.45) is 2.03. The molecule has 1 heterocycles. The van der Waals surface area contributed by atoms with E-state index in [1.54, 1.807) is 17.4 Å². The quantitative estimate of drug-likeness (QED) is 0.867. The average molecular weight is 311 g/mol. The number of benzene rings is 1. The lowest BCUT2D eigenvalue weighted by Crippen LogP contribution is -2.46. The van der Waals surface area contributed by atoms with Crippen LogP contribution in [0.15, 0.2) is 24.3 Å². The Morgan fingerprint density at radius 1 is 1.43 bits per heavy atom. The Balaban J connectivity index is 2.19. The summed E-state index contributed by atoms with van der Waals surface area (Å²) >= 11 is 0. The molecule has 1 aromatic rings. The molecule has 2 rings (SSSR count). The van der Waals surface area contributed by atoms with Crippen LogP contribution in [0, 0.1) is 5.92 Å². The van der Waals surface area contributed by atoms with Gasteiger partial charge < -0.3 is 5.73 Å². The van der Waals surface area contributed by atoms with Crippen LogP contribution < -0.4 is 5.73 Å². The Bertz CT molecular complexity index is 588. The van der Waals surface area contributed by atoms with E-state index in [1.807, 2.05) is 25.1 Å². The van der Waals surface area contributed by atoms with Crippen LogP contribution in [0.1, 0.15) is 38.3 Å². The molecule has 2 unspecified atom stereocenters. The highest BCUT2D eigenvalue weighted by Gasteiger charge is 2.33. The highest BCUT2D eigenvalue weighted by molar-refractivity contribution is 7.86. The first kappa shape index (κ1) is 16.3. The second-order valence-corrected chi connectivity index (χ2v) is 7.96. The van der Waals surface area contributed by atoms with Crippen molar-refractivity contribution in [2.45, 2.75) is 32.7 Å². The van der Waals surface area contributed by atoms with Gasteiger partial charge in [-0.25, -0.2) is 0 Å². The van der Waals surface area contributed by atoms with Crippen molar-refractivity contribution in [1.29, 1.82) is 0 Å². The molecule has 0 aliphatic carbocycles. The minimum atomic E-state index is -3.43. The predicted molar refractivity (Wildman–Crippen MR) is 85.9 cm³/mol. The molecule has 118 valence electrons. The van der Waals surface area contributed by atoms with E-state index in [0.717, 1.165) is 18.4 Å². The van der Waals surface area contributed by atoms with Gasteiger partial charge in [0.05, 0.1) is 0 Å². The maximum Gasteiger partial charge on any atom is 0.282 e. The lowest BCUT2D eigenvalue weighted by atomic mass is 10.0. The molecule has 1 fully saturated rings. The second kappa shape index (κ2) is 6.34. The molecule has 21 heavy (non-hydrogen) atoms. The molecule has 1 aliphatic rings. The summed E-state index contributed by atoms with van der Waals surface area (Å²) in [5, 5.41) is 0. The van der Waals surface area contributed by atoms with Crippen LogP contribution in [-0.4, -0.2) is 37.2 Å². The van der Waals surface area contributed by atoms with Crippen LogP contribution in [0.5, 0.6) is 0 Å². The van der Waals surface area contributed by atoms with Crippen molar-refractivity contribution < 1.29 is 8.42 Å². The van der Waals surface area contributed by atoms with Crippen LogP contribution in [0.25, 0.3) is 0 Å². The van der Waals surface area contributed by atoms with Crippen molar-refractivity contribution in [3.05, 3.63) is 29.8 Å². The van der Waals surface area contributed by atoms with Gasteiger partial charge in [0.15, 0.2) is 0 Å². The molecule has 1 aromatic carbocycles. The number of rotatable bonds is 4. The Morgan fingerprint density at radius 2 is 2.14 bits per heavy atom. The standard InChI is InChI=1S/C15H25N3O2S/c1-12-6-5-9-18(11-12)21(19,20)17(3)13(2)14-7-4-8-15(16)10-14/h4,7-8,10,12-13H,5-6,9,11,16H2,1-3H3. The second-order valence-electron chi connectivity index (χ2n) is 5.98. The third kappa shape index (κ3) is 3.56. The zero-order valence-corrected chi connectivity index (χ0v) is 13.8. The molecule has 0 spiro atoms. The van der Waals surface area contributed by atoms with E-state index in [2.05, 4.69) is 6.92 Å². The summed E-state index contributed by atoms with van der Waals surface area (Å²) in [5.41, 5.74) is 7.35. The first-order chi connectivity index (χ1) is 9.82. The van der Waals surface area contributed by atoms with Crippen molar-refractivity contribution >= 4 is 15.9 Å². The van der Waals surface area contributed by atoms with E-state index in [4.69, 9.17) is 5.73 Å². The molecule has 6 heteroatoms. The van der Waals surface area contributed by atoms with E-state index in [9.17, 15) is 8.42 Å². The molecule has 1 saturated heterocycles. The topological polar surface area (TPSA) is 66.6 Å². The summed E-state index contributed by atoms with van der Waals surface area (Å²) in [5.74, 6) is 0.421. The first-order valence-corrected chi connectivity index (χ1v) is 8.80. The third-order valence-electron chi connectivity index (χ3n) is 4.25. The molecule has 0 amide bonds. The molecule has 0 saturated carbocycles. The first-order valence-electron chi connectivity index (χ1n) is 7.41. The average Bonchev–Trinajstić information content (AvgIpc) is 2.45. The maximum absolute atomic E-state index is 12.8. The Labute approximate surface area is 127 Å². The van der Waals surface area contributed by atoms with Crippen LogP contribution in [0.2, 0.25) is 0 Å². The van der Waals surface area contributed by atoms with Crippen LogP contribution in [-0.2, 0) is 10.2 Å². The summed E-state index contributed by atoms with van der Waals surface area (Å²) in [7, 11) is -1.79. The van der Waals surface area contributed by atoms with E-state index < -0.39 is 10.2 Å². The van der Waals surface area contributed by atoms with Gasteiger partial charge in [-0.2, -0.15) is 17.0 Å². The molecule has 0 bridgehead atoms. The number of hydrogen-bond donors (Lipinski definition) is 1. The molecular weight excluding hydrogens is 286 g/mol. The number of nitrogen functional groups attached to an aromatic ring is 1. The number of nitrogens with two attached hydrogens (primary N) is 1. The number of anilines is 1. The predicted octanol–water partition coefficient (Wildman–Crippen LogP) is 2.24. The fourth-order valence-corrected chi connectivity index (χ4v) is 4.45. The normalized spacial score (nSPS) is 22.4. The number of nitrogens with zero attached hydrogens (tertiary/aromatic N) is 2. The third-order valence-corrected chi connectivity index (χ3v) is 6.28. The van der Waals surface area contributed by atoms with Gasteiger partial charge in [-0.1, -0.05) is 19.1 Å². The van der Waals surface area contributed by atoms with Gasteiger partial charge in [-0.05, 0) is 43.4 Å². The van der Waals surface area contributed by atoms with E-state index >= 15 is 0 Å². The molecule has 0 radical (unpaired) electrons. The van der Waals surface area contributed by atoms with Crippen molar-refractivity contribution in [1.82, 2.24) is 8.61 Å². The Kier molecular flexibility index (Phi) is 4.91. The fraction of sp³-hybridized carbons (Fsp3) is 0.600. The summed E-state index contributed by atoms with van der Waals surface area (Å²) in [6, 6.07) is 7.15. The van der Waals surface area contributed by atoms with Crippen molar-refractivity contribution in [3.8, 4) is 0 Å². The zero-order valence-electron chi connectivity index (χ0n) is 13.0. The minimum absolute atomic E-state index is 0.240. The van der Waals surface area contributed by atoms with Gasteiger partial charge in [0.25, 0.3) is 10.2 Å². The highest BCUT2D eigenvalue weighted by Crippen LogP contribution is 2.27. The smallest absolute Gasteiger partial charge is 0.282 e. The zero-order chi connectivity index (χ0) is 15.6. The number of hydrogen-bond acceptors (Lipinski definition) is 3. The lowest BCUT2D eigenvalue weighted by Gasteiger charge is -2.35. The van der Waals surface area contributed by atoms with Gasteiger partial charge in [0.2, 0.25) is 0 Å². The van der Waals surface area contributed by atoms with E-state index in [1.165, 1.54) is 4.31 Å². The summed E-state index contributed by atoms with van der Waals surface area (Å²) in [4.78, 5) is 0. The minimum Gasteiger partial charge on any atom is -0.399 e. The molecule has 2 atom stereocenters.